The van der Waals surface area contributed by atoms with E-state index in [2.05, 4.69) is 13.8 Å². The maximum atomic E-state index is 12.8. The Morgan fingerprint density at radius 3 is 1.20 bits per heavy atom. The second kappa shape index (κ2) is 32.8. The lowest BCUT2D eigenvalue weighted by Crippen LogP contribution is -2.64. The van der Waals surface area contributed by atoms with Gasteiger partial charge in [0, 0.05) is 12.8 Å². The lowest BCUT2D eigenvalue weighted by molar-refractivity contribution is -0.220. The first-order valence-electron chi connectivity index (χ1n) is 21.8. The van der Waals surface area contributed by atoms with Crippen molar-refractivity contribution in [2.45, 2.75) is 236 Å². The number of carbonyl (C=O) groups is 2. The maximum absolute atomic E-state index is 12.8. The van der Waals surface area contributed by atoms with Crippen LogP contribution in [0.3, 0.4) is 0 Å². The van der Waals surface area contributed by atoms with Crippen LogP contribution >= 0.6 is 7.82 Å². The Morgan fingerprint density at radius 1 is 0.491 bits per heavy atom. The number of rotatable bonds is 36. The van der Waals surface area contributed by atoms with E-state index in [9.17, 15) is 44.6 Å². The predicted molar refractivity (Wildman–Crippen MR) is 212 cm³/mol. The summed E-state index contributed by atoms with van der Waals surface area (Å²) in [7, 11) is -5.10. The molecule has 0 spiro atoms. The van der Waals surface area contributed by atoms with E-state index in [0.717, 1.165) is 38.5 Å². The van der Waals surface area contributed by atoms with E-state index >= 15 is 0 Å². The first-order valence-corrected chi connectivity index (χ1v) is 23.3. The molecule has 6 N–H and O–H groups in total. The standard InChI is InChI=1S/C41H79O13P/c1-3-5-7-9-11-13-15-17-18-20-22-24-26-28-30-35(43)53-33(31-51-34(42)29-27-25-23-21-19-16-14-12-10-8-6-4-2)32-52-55(49,50)54-41-39(47)37(45)36(44)38(46)40(41)48/h33,36-41,44-48H,3-32H2,1-2H3,(H,49,50)/t33-,36?,37-,38?,39?,40?,41?/m1/s1. The summed E-state index contributed by atoms with van der Waals surface area (Å²) in [5.41, 5.74) is 0. The van der Waals surface area contributed by atoms with Gasteiger partial charge in [-0.1, -0.05) is 168 Å². The molecule has 0 aliphatic heterocycles. The van der Waals surface area contributed by atoms with Crippen LogP contribution in [0.1, 0.15) is 194 Å². The Bertz CT molecular complexity index is 985. The van der Waals surface area contributed by atoms with Gasteiger partial charge in [-0.3, -0.25) is 18.6 Å². The van der Waals surface area contributed by atoms with E-state index in [-0.39, 0.29) is 12.8 Å². The second-order valence-electron chi connectivity index (χ2n) is 15.6. The van der Waals surface area contributed by atoms with Crippen molar-refractivity contribution in [1.82, 2.24) is 0 Å². The highest BCUT2D eigenvalue weighted by atomic mass is 31.2. The molecule has 1 aliphatic rings. The van der Waals surface area contributed by atoms with Crippen LogP contribution in [0.15, 0.2) is 0 Å². The van der Waals surface area contributed by atoms with Gasteiger partial charge in [0.2, 0.25) is 0 Å². The molecule has 0 aromatic heterocycles. The van der Waals surface area contributed by atoms with Gasteiger partial charge in [-0.15, -0.1) is 0 Å². The van der Waals surface area contributed by atoms with Crippen LogP contribution in [0.25, 0.3) is 0 Å². The normalized spacial score (nSPS) is 23.0. The van der Waals surface area contributed by atoms with E-state index in [1.165, 1.54) is 116 Å². The van der Waals surface area contributed by atoms with Crippen LogP contribution in [0.2, 0.25) is 0 Å². The monoisotopic (exact) mass is 811 g/mol. The van der Waals surface area contributed by atoms with Crippen molar-refractivity contribution < 1.29 is 63.1 Å². The molecule has 0 aromatic carbocycles. The number of aliphatic hydroxyl groups excluding tert-OH is 5. The predicted octanol–water partition coefficient (Wildman–Crippen LogP) is 7.72. The molecule has 0 amide bonds. The first-order chi connectivity index (χ1) is 26.4. The third kappa shape index (κ3) is 25.7. The summed E-state index contributed by atoms with van der Waals surface area (Å²) >= 11 is 0. The molecule has 55 heavy (non-hydrogen) atoms. The molecule has 14 heteroatoms. The summed E-state index contributed by atoms with van der Waals surface area (Å²) in [6, 6.07) is 0. The highest BCUT2D eigenvalue weighted by molar-refractivity contribution is 7.47. The molecule has 326 valence electrons. The van der Waals surface area contributed by atoms with Gasteiger partial charge in [0.05, 0.1) is 6.61 Å². The maximum Gasteiger partial charge on any atom is 0.472 e. The third-order valence-electron chi connectivity index (χ3n) is 10.4. The van der Waals surface area contributed by atoms with Crippen LogP contribution in [0.4, 0.5) is 0 Å². The van der Waals surface area contributed by atoms with Gasteiger partial charge in [-0.2, -0.15) is 0 Å². The second-order valence-corrected chi connectivity index (χ2v) is 17.0. The summed E-state index contributed by atoms with van der Waals surface area (Å²) in [6.45, 7) is 3.29. The molecule has 0 radical (unpaired) electrons. The molecule has 1 saturated carbocycles. The minimum Gasteiger partial charge on any atom is -0.462 e. The van der Waals surface area contributed by atoms with Gasteiger partial charge in [0.15, 0.2) is 6.10 Å². The number of hydrogen-bond acceptors (Lipinski definition) is 12. The zero-order valence-corrected chi connectivity index (χ0v) is 35.1. The summed E-state index contributed by atoms with van der Waals surface area (Å²) in [4.78, 5) is 35.6. The Hall–Kier alpha value is -1.15. The Kier molecular flexibility index (Phi) is 30.9. The molecule has 0 bridgehead atoms. The van der Waals surface area contributed by atoms with E-state index in [1.807, 2.05) is 0 Å². The summed E-state index contributed by atoms with van der Waals surface area (Å²) < 4.78 is 33.4. The van der Waals surface area contributed by atoms with Crippen molar-refractivity contribution in [1.29, 1.82) is 0 Å². The Balaban J connectivity index is 2.48. The first kappa shape index (κ1) is 51.9. The SMILES string of the molecule is CCCCCCCCCCCCCCCCC(=O)O[C@H](COC(=O)CCCCCCCCCCCCCC)COP(=O)(O)OC1C(O)C(O)C(O)[C@@H](O)C1O. The molecule has 0 saturated heterocycles. The molecule has 8 atom stereocenters. The summed E-state index contributed by atoms with van der Waals surface area (Å²) in [6.07, 6.45) is 17.4. The lowest BCUT2D eigenvalue weighted by Gasteiger charge is -2.41. The molecule has 1 fully saturated rings. The van der Waals surface area contributed by atoms with Crippen molar-refractivity contribution in [3.8, 4) is 0 Å². The fourth-order valence-electron chi connectivity index (χ4n) is 6.88. The van der Waals surface area contributed by atoms with Crippen LogP contribution < -0.4 is 0 Å². The van der Waals surface area contributed by atoms with Crippen LogP contribution in [-0.2, 0) is 32.7 Å². The van der Waals surface area contributed by atoms with Crippen molar-refractivity contribution in [2.24, 2.45) is 0 Å². The van der Waals surface area contributed by atoms with Gasteiger partial charge in [0.25, 0.3) is 0 Å². The zero-order chi connectivity index (χ0) is 40.7. The largest absolute Gasteiger partial charge is 0.472 e. The third-order valence-corrected chi connectivity index (χ3v) is 11.4. The van der Waals surface area contributed by atoms with Gasteiger partial charge < -0.3 is 39.9 Å². The van der Waals surface area contributed by atoms with E-state index in [1.54, 1.807) is 0 Å². The van der Waals surface area contributed by atoms with E-state index < -0.39 is 75.7 Å². The van der Waals surface area contributed by atoms with Gasteiger partial charge in [0.1, 0.15) is 43.2 Å². The molecule has 1 rings (SSSR count). The smallest absolute Gasteiger partial charge is 0.462 e. The van der Waals surface area contributed by atoms with Crippen LogP contribution in [-0.4, -0.2) is 98.3 Å². The number of unbranched alkanes of at least 4 members (excludes halogenated alkanes) is 24. The number of phosphoric ester groups is 1. The Labute approximate surface area is 331 Å². The molecule has 1 aliphatic carbocycles. The average molecular weight is 811 g/mol. The minimum atomic E-state index is -5.10. The van der Waals surface area contributed by atoms with Crippen LogP contribution in [0.5, 0.6) is 0 Å². The zero-order valence-electron chi connectivity index (χ0n) is 34.2. The molecular formula is C41H79O13P. The van der Waals surface area contributed by atoms with Crippen LogP contribution in [0, 0.1) is 0 Å². The molecule has 6 unspecified atom stereocenters. The topological polar surface area (TPSA) is 210 Å². The van der Waals surface area contributed by atoms with Crippen molar-refractivity contribution in [2.75, 3.05) is 13.2 Å². The number of esters is 2. The van der Waals surface area contributed by atoms with Crippen molar-refractivity contribution in [3.05, 3.63) is 0 Å². The lowest BCUT2D eigenvalue weighted by atomic mass is 9.85. The fraction of sp³-hybridized carbons (Fsp3) is 0.951. The summed E-state index contributed by atoms with van der Waals surface area (Å²) in [5.74, 6) is -1.09. The molecular weight excluding hydrogens is 731 g/mol. The number of carbonyl (C=O) groups excluding carboxylic acids is 2. The summed E-state index contributed by atoms with van der Waals surface area (Å²) in [5, 5.41) is 50.0. The van der Waals surface area contributed by atoms with E-state index in [0.29, 0.717) is 12.8 Å². The highest BCUT2D eigenvalue weighted by Gasteiger charge is 2.51. The number of aliphatic hydroxyl groups is 5. The van der Waals surface area contributed by atoms with Gasteiger partial charge in [-0.05, 0) is 12.8 Å². The van der Waals surface area contributed by atoms with Crippen molar-refractivity contribution in [3.63, 3.8) is 0 Å². The highest BCUT2D eigenvalue weighted by Crippen LogP contribution is 2.47. The number of ether oxygens (including phenoxy) is 2. The van der Waals surface area contributed by atoms with E-state index in [4.69, 9.17) is 18.5 Å². The number of hydrogen-bond donors (Lipinski definition) is 6. The minimum absolute atomic E-state index is 0.104. The van der Waals surface area contributed by atoms with Gasteiger partial charge in [-0.25, -0.2) is 4.57 Å². The molecule has 0 heterocycles. The molecule has 13 nitrogen and oxygen atoms in total. The van der Waals surface area contributed by atoms with Crippen molar-refractivity contribution >= 4 is 19.8 Å². The Morgan fingerprint density at radius 2 is 0.818 bits per heavy atom. The fourth-order valence-corrected chi connectivity index (χ4v) is 7.85. The molecule has 0 aromatic rings. The quantitative estimate of drug-likeness (QED) is 0.0204. The number of phosphoric acid groups is 1. The van der Waals surface area contributed by atoms with Gasteiger partial charge >= 0.3 is 19.8 Å². The average Bonchev–Trinajstić information content (AvgIpc) is 3.16.